The summed E-state index contributed by atoms with van der Waals surface area (Å²) in [4.78, 5) is 3.60. The van der Waals surface area contributed by atoms with Gasteiger partial charge in [-0.1, -0.05) is 0 Å². The van der Waals surface area contributed by atoms with Gasteiger partial charge in [0, 0.05) is 12.7 Å². The Labute approximate surface area is 114 Å². The minimum absolute atomic E-state index is 0.349. The van der Waals surface area contributed by atoms with Crippen molar-refractivity contribution in [1.29, 1.82) is 0 Å². The fourth-order valence-electron chi connectivity index (χ4n) is 1.51. The van der Waals surface area contributed by atoms with E-state index in [2.05, 4.69) is 15.4 Å². The summed E-state index contributed by atoms with van der Waals surface area (Å²) in [5, 5.41) is 7.02. The highest BCUT2D eigenvalue weighted by Gasteiger charge is 2.26. The largest absolute Gasteiger partial charge is 0.378 e. The zero-order chi connectivity index (χ0) is 14.8. The summed E-state index contributed by atoms with van der Waals surface area (Å²) in [5.41, 5.74) is 0.589. The van der Waals surface area contributed by atoms with Crippen LogP contribution in [0.2, 0.25) is 0 Å². The number of alkyl halides is 2. The second-order valence-corrected chi connectivity index (χ2v) is 5.94. The van der Waals surface area contributed by atoms with Crippen LogP contribution in [0, 0.1) is 0 Å². The Morgan fingerprint density at radius 2 is 1.95 bits per heavy atom. The highest BCUT2D eigenvalue weighted by Crippen LogP contribution is 2.20. The van der Waals surface area contributed by atoms with E-state index in [1.807, 2.05) is 0 Å². The van der Waals surface area contributed by atoms with Gasteiger partial charge in [0.25, 0.3) is 0 Å². The third-order valence-corrected chi connectivity index (χ3v) is 3.91. The van der Waals surface area contributed by atoms with Crippen LogP contribution in [-0.4, -0.2) is 28.9 Å². The van der Waals surface area contributed by atoms with E-state index in [1.165, 1.54) is 12.1 Å². The molecule has 0 aliphatic carbocycles. The smallest absolute Gasteiger partial charge is 0.341 e. The Hall–Kier alpha value is -2.03. The molecule has 0 fully saturated rings. The van der Waals surface area contributed by atoms with Crippen molar-refractivity contribution < 1.29 is 17.2 Å². The van der Waals surface area contributed by atoms with Gasteiger partial charge in [-0.25, -0.2) is 13.4 Å². The SMILES string of the molecule is Cn1cnc(CNc2ccc(S(=O)(=O)C(F)F)cc2)n1. The molecule has 1 aromatic heterocycles. The molecule has 0 unspecified atom stereocenters. The van der Waals surface area contributed by atoms with E-state index in [4.69, 9.17) is 0 Å². The Bertz CT molecular complexity index is 683. The van der Waals surface area contributed by atoms with Crippen LogP contribution >= 0.6 is 0 Å². The molecule has 2 aromatic rings. The average Bonchev–Trinajstić information content (AvgIpc) is 2.82. The zero-order valence-corrected chi connectivity index (χ0v) is 11.3. The number of halogens is 2. The number of rotatable bonds is 5. The second-order valence-electron chi connectivity index (χ2n) is 4.02. The molecule has 0 aliphatic rings. The van der Waals surface area contributed by atoms with Gasteiger partial charge in [0.05, 0.1) is 11.4 Å². The monoisotopic (exact) mass is 302 g/mol. The number of aromatic nitrogens is 3. The lowest BCUT2D eigenvalue weighted by Gasteiger charge is -2.06. The van der Waals surface area contributed by atoms with Crippen molar-refractivity contribution in [3.63, 3.8) is 0 Å². The Morgan fingerprint density at radius 1 is 1.30 bits per heavy atom. The second kappa shape index (κ2) is 5.53. The predicted octanol–water partition coefficient (Wildman–Crippen LogP) is 1.42. The van der Waals surface area contributed by atoms with Crippen LogP contribution in [0.5, 0.6) is 0 Å². The number of sulfone groups is 1. The summed E-state index contributed by atoms with van der Waals surface area (Å²) >= 11 is 0. The normalized spacial score (nSPS) is 11.8. The molecule has 0 radical (unpaired) electrons. The van der Waals surface area contributed by atoms with Crippen LogP contribution in [0.1, 0.15) is 5.82 Å². The van der Waals surface area contributed by atoms with Crippen molar-refractivity contribution in [3.05, 3.63) is 36.4 Å². The van der Waals surface area contributed by atoms with E-state index in [0.717, 1.165) is 12.1 Å². The van der Waals surface area contributed by atoms with Crippen molar-refractivity contribution in [3.8, 4) is 0 Å². The van der Waals surface area contributed by atoms with E-state index in [0.29, 0.717) is 18.1 Å². The molecule has 0 saturated heterocycles. The number of nitrogens with one attached hydrogen (secondary N) is 1. The maximum atomic E-state index is 12.3. The number of anilines is 1. The molecule has 0 saturated carbocycles. The van der Waals surface area contributed by atoms with Gasteiger partial charge in [0.2, 0.25) is 9.84 Å². The molecule has 108 valence electrons. The van der Waals surface area contributed by atoms with Gasteiger partial charge >= 0.3 is 5.76 Å². The minimum Gasteiger partial charge on any atom is -0.378 e. The number of nitrogens with zero attached hydrogens (tertiary/aromatic N) is 3. The van der Waals surface area contributed by atoms with E-state index in [1.54, 1.807) is 18.1 Å². The first-order valence-corrected chi connectivity index (χ1v) is 7.15. The van der Waals surface area contributed by atoms with Crippen LogP contribution in [0.15, 0.2) is 35.5 Å². The highest BCUT2D eigenvalue weighted by atomic mass is 32.2. The maximum Gasteiger partial charge on any atom is 0.341 e. The molecule has 9 heteroatoms. The summed E-state index contributed by atoms with van der Waals surface area (Å²) in [6.07, 6.45) is 1.55. The molecule has 0 spiro atoms. The van der Waals surface area contributed by atoms with Crippen molar-refractivity contribution in [1.82, 2.24) is 14.8 Å². The molecule has 2 rings (SSSR count). The Morgan fingerprint density at radius 3 is 2.45 bits per heavy atom. The number of benzene rings is 1. The summed E-state index contributed by atoms with van der Waals surface area (Å²) in [7, 11) is -2.81. The fraction of sp³-hybridized carbons (Fsp3) is 0.273. The summed E-state index contributed by atoms with van der Waals surface area (Å²) in [6.45, 7) is 0.349. The Kier molecular flexibility index (Phi) is 3.98. The van der Waals surface area contributed by atoms with Crippen molar-refractivity contribution in [2.45, 2.75) is 17.2 Å². The van der Waals surface area contributed by atoms with Gasteiger partial charge in [-0.05, 0) is 24.3 Å². The average molecular weight is 302 g/mol. The number of hydrogen-bond acceptors (Lipinski definition) is 5. The predicted molar refractivity (Wildman–Crippen MR) is 68.0 cm³/mol. The molecule has 1 aromatic carbocycles. The standard InChI is InChI=1S/C11H12F2N4O2S/c1-17-7-15-10(16-17)6-14-8-2-4-9(5-3-8)20(18,19)11(12)13/h2-5,7,11,14H,6H2,1H3. The van der Waals surface area contributed by atoms with E-state index >= 15 is 0 Å². The van der Waals surface area contributed by atoms with Crippen LogP contribution < -0.4 is 5.32 Å². The zero-order valence-electron chi connectivity index (χ0n) is 10.5. The molecule has 0 aliphatic heterocycles. The van der Waals surface area contributed by atoms with Gasteiger partial charge in [0.1, 0.15) is 6.33 Å². The lowest BCUT2D eigenvalue weighted by atomic mass is 10.3. The van der Waals surface area contributed by atoms with Gasteiger partial charge in [-0.2, -0.15) is 13.9 Å². The van der Waals surface area contributed by atoms with Crippen LogP contribution in [0.25, 0.3) is 0 Å². The first-order chi connectivity index (χ1) is 9.39. The third kappa shape index (κ3) is 3.10. The van der Waals surface area contributed by atoms with Gasteiger partial charge in [0.15, 0.2) is 5.82 Å². The highest BCUT2D eigenvalue weighted by molar-refractivity contribution is 7.91. The molecule has 0 amide bonds. The summed E-state index contributed by atoms with van der Waals surface area (Å²) < 4.78 is 48.7. The van der Waals surface area contributed by atoms with Crippen molar-refractivity contribution >= 4 is 15.5 Å². The van der Waals surface area contributed by atoms with Crippen molar-refractivity contribution in [2.24, 2.45) is 7.05 Å². The van der Waals surface area contributed by atoms with Gasteiger partial charge in [-0.15, -0.1) is 0 Å². The van der Waals surface area contributed by atoms with E-state index in [9.17, 15) is 17.2 Å². The lowest BCUT2D eigenvalue weighted by molar-refractivity contribution is 0.234. The fourth-order valence-corrected chi connectivity index (χ4v) is 2.23. The molecule has 0 bridgehead atoms. The first kappa shape index (κ1) is 14.4. The summed E-state index contributed by atoms with van der Waals surface area (Å²) in [5.74, 6) is -2.85. The molecular weight excluding hydrogens is 290 g/mol. The lowest BCUT2D eigenvalue weighted by Crippen LogP contribution is -2.11. The van der Waals surface area contributed by atoms with E-state index < -0.39 is 20.5 Å². The van der Waals surface area contributed by atoms with E-state index in [-0.39, 0.29) is 0 Å². The first-order valence-electron chi connectivity index (χ1n) is 5.60. The topological polar surface area (TPSA) is 76.9 Å². The third-order valence-electron chi connectivity index (χ3n) is 2.52. The minimum atomic E-state index is -4.55. The Balaban J connectivity index is 2.05. The summed E-state index contributed by atoms with van der Waals surface area (Å²) in [6, 6.07) is 5.10. The molecule has 1 N–H and O–H groups in total. The maximum absolute atomic E-state index is 12.3. The molecule has 1 heterocycles. The van der Waals surface area contributed by atoms with Crippen LogP contribution in [0.3, 0.4) is 0 Å². The van der Waals surface area contributed by atoms with Crippen LogP contribution in [-0.2, 0) is 23.4 Å². The molecular formula is C11H12F2N4O2S. The van der Waals surface area contributed by atoms with Gasteiger partial charge in [-0.3, -0.25) is 4.68 Å². The van der Waals surface area contributed by atoms with Crippen LogP contribution in [0.4, 0.5) is 14.5 Å². The quantitative estimate of drug-likeness (QED) is 0.904. The van der Waals surface area contributed by atoms with Crippen molar-refractivity contribution in [2.75, 3.05) is 5.32 Å². The number of aryl methyl sites for hydroxylation is 1. The van der Waals surface area contributed by atoms with Gasteiger partial charge < -0.3 is 5.32 Å². The molecule has 20 heavy (non-hydrogen) atoms. The number of hydrogen-bond donors (Lipinski definition) is 1. The molecule has 6 nitrogen and oxygen atoms in total. The molecule has 0 atom stereocenters.